The maximum absolute atomic E-state index is 2.91. The molecular weight excluding hydrogens is 448 g/mol. The Kier molecular flexibility index (Phi) is 6.62. The zero-order chi connectivity index (χ0) is 25.4. The Bertz CT molecular complexity index is 921. The third-order valence-corrected chi connectivity index (χ3v) is 18.5. The summed E-state index contributed by atoms with van der Waals surface area (Å²) < 4.78 is 0. The van der Waals surface area contributed by atoms with Gasteiger partial charge >= 0.3 is 0 Å². The van der Waals surface area contributed by atoms with Crippen LogP contribution < -0.4 is 0 Å². The van der Waals surface area contributed by atoms with E-state index in [1.54, 1.807) is 37.7 Å². The van der Waals surface area contributed by atoms with Gasteiger partial charge in [0.05, 0.1) is 8.07 Å². The summed E-state index contributed by atoms with van der Waals surface area (Å²) in [5.41, 5.74) is 5.57. The lowest BCUT2D eigenvalue weighted by Crippen LogP contribution is -2.47. The van der Waals surface area contributed by atoms with E-state index in [0.717, 1.165) is 64.3 Å². The molecule has 0 heterocycles. The average molecular weight is 505 g/mol. The molecule has 1 heteroatoms. The molecule has 6 rings (SSSR count). The van der Waals surface area contributed by atoms with Gasteiger partial charge in [0.1, 0.15) is 0 Å². The summed E-state index contributed by atoms with van der Waals surface area (Å²) in [5, 5.41) is 0. The molecular formula is C35H56Si. The van der Waals surface area contributed by atoms with Gasteiger partial charge < -0.3 is 0 Å². The van der Waals surface area contributed by atoms with Crippen LogP contribution in [0.25, 0.3) is 0 Å². The molecule has 0 N–H and O–H groups in total. The fourth-order valence-electron chi connectivity index (χ4n) is 12.1. The normalized spacial score (nSPS) is 44.8. The molecule has 0 spiro atoms. The average Bonchev–Trinajstić information content (AvgIpc) is 3.50. The second kappa shape index (κ2) is 9.27. The number of fused-ring (bicyclic) bond motifs is 3. The molecule has 0 bridgehead atoms. The van der Waals surface area contributed by atoms with Crippen molar-refractivity contribution < 1.29 is 0 Å². The van der Waals surface area contributed by atoms with Crippen molar-refractivity contribution in [3.63, 3.8) is 0 Å². The van der Waals surface area contributed by atoms with Crippen molar-refractivity contribution >= 4 is 8.07 Å². The van der Waals surface area contributed by atoms with E-state index in [0.29, 0.717) is 0 Å². The largest absolute Gasteiger partial charge is 0.0689 e. The summed E-state index contributed by atoms with van der Waals surface area (Å²) in [7, 11) is -1.39. The Balaban J connectivity index is 1.25. The molecule has 0 amide bonds. The van der Waals surface area contributed by atoms with E-state index in [9.17, 15) is 0 Å². The molecule has 0 radical (unpaired) electrons. The van der Waals surface area contributed by atoms with Crippen molar-refractivity contribution in [3.05, 3.63) is 35.4 Å². The van der Waals surface area contributed by atoms with Crippen LogP contribution in [0.5, 0.6) is 0 Å². The molecule has 5 fully saturated rings. The number of hydrogen-bond donors (Lipinski definition) is 0. The van der Waals surface area contributed by atoms with Crippen LogP contribution >= 0.6 is 0 Å². The van der Waals surface area contributed by atoms with Crippen LogP contribution in [-0.2, 0) is 5.41 Å². The Morgan fingerprint density at radius 2 is 1.25 bits per heavy atom. The van der Waals surface area contributed by atoms with Gasteiger partial charge in [0.25, 0.3) is 0 Å². The summed E-state index contributed by atoms with van der Waals surface area (Å²) in [6, 6.07) is 9.95. The molecule has 1 aromatic carbocycles. The second-order valence-electron chi connectivity index (χ2n) is 16.4. The molecule has 0 saturated heterocycles. The van der Waals surface area contributed by atoms with E-state index < -0.39 is 8.07 Å². The van der Waals surface area contributed by atoms with Gasteiger partial charge in [-0.05, 0) is 113 Å². The lowest BCUT2D eigenvalue weighted by molar-refractivity contribution is 0.154. The van der Waals surface area contributed by atoms with Crippen LogP contribution in [0.2, 0.25) is 24.2 Å². The van der Waals surface area contributed by atoms with Crippen LogP contribution in [0.4, 0.5) is 0 Å². The van der Waals surface area contributed by atoms with Gasteiger partial charge in [-0.15, -0.1) is 0 Å². The fourth-order valence-corrected chi connectivity index (χ4v) is 18.8. The summed E-state index contributed by atoms with van der Waals surface area (Å²) in [4.78, 5) is 0. The van der Waals surface area contributed by atoms with Gasteiger partial charge in [0, 0.05) is 0 Å². The Morgan fingerprint density at radius 1 is 0.639 bits per heavy atom. The van der Waals surface area contributed by atoms with E-state index >= 15 is 0 Å². The van der Waals surface area contributed by atoms with Crippen LogP contribution in [-0.4, -0.2) is 8.07 Å². The van der Waals surface area contributed by atoms with Gasteiger partial charge in [-0.1, -0.05) is 104 Å². The first-order chi connectivity index (χ1) is 17.1. The van der Waals surface area contributed by atoms with E-state index in [-0.39, 0.29) is 5.41 Å². The van der Waals surface area contributed by atoms with Crippen LogP contribution in [0.1, 0.15) is 116 Å². The minimum atomic E-state index is -1.39. The molecule has 11 atom stereocenters. The zero-order valence-electron chi connectivity index (χ0n) is 24.7. The highest BCUT2D eigenvalue weighted by Crippen LogP contribution is 2.67. The topological polar surface area (TPSA) is 0 Å². The highest BCUT2D eigenvalue weighted by molar-refractivity contribution is 6.80. The lowest BCUT2D eigenvalue weighted by Gasteiger charge is -2.49. The molecule has 200 valence electrons. The number of rotatable bonds is 3. The maximum Gasteiger partial charge on any atom is 0.0546 e. The first-order valence-corrected chi connectivity index (χ1v) is 19.3. The first kappa shape index (κ1) is 25.7. The van der Waals surface area contributed by atoms with Crippen molar-refractivity contribution in [2.75, 3.05) is 0 Å². The van der Waals surface area contributed by atoms with Crippen molar-refractivity contribution in [1.82, 2.24) is 0 Å². The van der Waals surface area contributed by atoms with Gasteiger partial charge in [-0.3, -0.25) is 0 Å². The molecule has 0 aromatic heterocycles. The van der Waals surface area contributed by atoms with Crippen molar-refractivity contribution in [1.29, 1.82) is 0 Å². The van der Waals surface area contributed by atoms with Crippen LogP contribution in [0.15, 0.2) is 24.3 Å². The standard InChI is InChI=1S/C35H56Si/c1-22-18-27-20-25-10-8-11-26(25)21-31(27)34(22)36(6,7)33-23(2)19-32-29(12-9-13-30(32)33)24-14-16-28(17-15-24)35(3,4)5/h14-17,22-23,25-27,29-34H,8-13,18-21H2,1-7H3. The minimum absolute atomic E-state index is 0.254. The van der Waals surface area contributed by atoms with Crippen molar-refractivity contribution in [3.8, 4) is 0 Å². The van der Waals surface area contributed by atoms with Crippen LogP contribution in [0.3, 0.4) is 0 Å². The monoisotopic (exact) mass is 504 g/mol. The summed E-state index contributed by atoms with van der Waals surface area (Å²) >= 11 is 0. The van der Waals surface area contributed by atoms with Gasteiger partial charge in [-0.25, -0.2) is 0 Å². The van der Waals surface area contributed by atoms with E-state index in [4.69, 9.17) is 0 Å². The summed E-state index contributed by atoms with van der Waals surface area (Å²) in [6.07, 6.45) is 15.4. The summed E-state index contributed by atoms with van der Waals surface area (Å²) in [5.74, 6) is 9.12. The minimum Gasteiger partial charge on any atom is -0.0689 e. The number of hydrogen-bond acceptors (Lipinski definition) is 0. The van der Waals surface area contributed by atoms with E-state index in [2.05, 4.69) is 72.0 Å². The van der Waals surface area contributed by atoms with Gasteiger partial charge in [-0.2, -0.15) is 0 Å². The molecule has 11 unspecified atom stereocenters. The Labute approximate surface area is 224 Å². The Morgan fingerprint density at radius 3 is 1.94 bits per heavy atom. The summed E-state index contributed by atoms with van der Waals surface area (Å²) in [6.45, 7) is 18.3. The van der Waals surface area contributed by atoms with Gasteiger partial charge in [0.15, 0.2) is 0 Å². The predicted octanol–water partition coefficient (Wildman–Crippen LogP) is 10.5. The van der Waals surface area contributed by atoms with Crippen molar-refractivity contribution in [2.45, 2.75) is 134 Å². The molecule has 0 aliphatic heterocycles. The van der Waals surface area contributed by atoms with Crippen LogP contribution in [0, 0.1) is 47.3 Å². The Hall–Kier alpha value is -0.563. The lowest BCUT2D eigenvalue weighted by atomic mass is 9.70. The third kappa shape index (κ3) is 4.21. The molecule has 5 saturated carbocycles. The second-order valence-corrected chi connectivity index (χ2v) is 21.4. The first-order valence-electron chi connectivity index (χ1n) is 16.2. The highest BCUT2D eigenvalue weighted by atomic mass is 28.3. The SMILES string of the molecule is CC1CC2CC3CCCC3CC2C1[Si](C)(C)C1C(C)CC2C(c3ccc(C(C)(C)C)cc3)CCCC21. The predicted molar refractivity (Wildman–Crippen MR) is 158 cm³/mol. The molecule has 36 heavy (non-hydrogen) atoms. The van der Waals surface area contributed by atoms with E-state index in [1.165, 1.54) is 37.7 Å². The smallest absolute Gasteiger partial charge is 0.0546 e. The zero-order valence-corrected chi connectivity index (χ0v) is 25.7. The number of benzene rings is 1. The molecule has 5 aliphatic carbocycles. The molecule has 1 aromatic rings. The van der Waals surface area contributed by atoms with E-state index in [1.807, 2.05) is 0 Å². The fraction of sp³-hybridized carbons (Fsp3) is 0.829. The highest BCUT2D eigenvalue weighted by Gasteiger charge is 2.59. The van der Waals surface area contributed by atoms with Crippen molar-refractivity contribution in [2.24, 2.45) is 47.3 Å². The molecule has 0 nitrogen and oxygen atoms in total. The van der Waals surface area contributed by atoms with Gasteiger partial charge in [0.2, 0.25) is 0 Å². The maximum atomic E-state index is 2.91. The third-order valence-electron chi connectivity index (χ3n) is 13.1. The quantitative estimate of drug-likeness (QED) is 0.359. The molecule has 5 aliphatic rings.